The van der Waals surface area contributed by atoms with Gasteiger partial charge < -0.3 is 9.88 Å². The SMILES string of the molecule is CN(C)c1ccc(C(=O)N/N=C/c2ccc3[nH]cc(Br)c3c2)cc1. The van der Waals surface area contributed by atoms with Crippen molar-refractivity contribution >= 4 is 44.6 Å². The van der Waals surface area contributed by atoms with Crippen molar-refractivity contribution in [2.45, 2.75) is 0 Å². The van der Waals surface area contributed by atoms with Crippen molar-refractivity contribution in [2.75, 3.05) is 19.0 Å². The summed E-state index contributed by atoms with van der Waals surface area (Å²) in [5.41, 5.74) is 6.12. The molecule has 3 rings (SSSR count). The molecule has 2 N–H and O–H groups in total. The number of nitrogens with one attached hydrogen (secondary N) is 2. The van der Waals surface area contributed by atoms with E-state index < -0.39 is 0 Å². The van der Waals surface area contributed by atoms with Crippen molar-refractivity contribution in [2.24, 2.45) is 5.10 Å². The molecule has 0 bridgehead atoms. The molecule has 6 heteroatoms. The van der Waals surface area contributed by atoms with E-state index >= 15 is 0 Å². The van der Waals surface area contributed by atoms with Crippen LogP contribution in [0.15, 0.2) is 58.2 Å². The number of amides is 1. The number of fused-ring (bicyclic) bond motifs is 1. The van der Waals surface area contributed by atoms with Crippen LogP contribution in [0, 0.1) is 0 Å². The number of hydrogen-bond acceptors (Lipinski definition) is 3. The molecule has 0 unspecified atom stereocenters. The molecule has 0 aliphatic rings. The second-order valence-electron chi connectivity index (χ2n) is 5.58. The molecular weight excluding hydrogens is 368 g/mol. The van der Waals surface area contributed by atoms with Crippen LogP contribution in [0.1, 0.15) is 15.9 Å². The number of carbonyl (C=O) groups excluding carboxylic acids is 1. The minimum absolute atomic E-state index is 0.236. The van der Waals surface area contributed by atoms with Gasteiger partial charge in [0.1, 0.15) is 0 Å². The highest BCUT2D eigenvalue weighted by atomic mass is 79.9. The van der Waals surface area contributed by atoms with Gasteiger partial charge in [0.25, 0.3) is 5.91 Å². The second-order valence-corrected chi connectivity index (χ2v) is 6.44. The van der Waals surface area contributed by atoms with Crippen LogP contribution >= 0.6 is 15.9 Å². The molecule has 1 aromatic heterocycles. The highest BCUT2D eigenvalue weighted by Gasteiger charge is 2.05. The van der Waals surface area contributed by atoms with Gasteiger partial charge in [-0.05, 0) is 57.9 Å². The van der Waals surface area contributed by atoms with E-state index in [0.29, 0.717) is 5.56 Å². The fraction of sp³-hybridized carbons (Fsp3) is 0.111. The average Bonchev–Trinajstić information content (AvgIpc) is 2.95. The first-order valence-corrected chi connectivity index (χ1v) is 8.21. The van der Waals surface area contributed by atoms with Gasteiger partial charge in [-0.2, -0.15) is 5.10 Å². The lowest BCUT2D eigenvalue weighted by Crippen LogP contribution is -2.17. The third-order valence-corrected chi connectivity index (χ3v) is 4.34. The molecule has 24 heavy (non-hydrogen) atoms. The Bertz CT molecular complexity index is 897. The Morgan fingerprint density at radius 3 is 2.67 bits per heavy atom. The first-order chi connectivity index (χ1) is 11.5. The summed E-state index contributed by atoms with van der Waals surface area (Å²) in [5.74, 6) is -0.236. The van der Waals surface area contributed by atoms with Crippen LogP contribution in [-0.2, 0) is 0 Å². The van der Waals surface area contributed by atoms with Gasteiger partial charge in [-0.15, -0.1) is 0 Å². The van der Waals surface area contributed by atoms with E-state index in [0.717, 1.165) is 26.6 Å². The predicted octanol–water partition coefficient (Wildman–Crippen LogP) is 3.76. The van der Waals surface area contributed by atoms with Gasteiger partial charge in [0, 0.05) is 46.9 Å². The van der Waals surface area contributed by atoms with Crippen LogP contribution < -0.4 is 10.3 Å². The van der Waals surface area contributed by atoms with E-state index in [1.54, 1.807) is 18.3 Å². The Morgan fingerprint density at radius 2 is 1.96 bits per heavy atom. The monoisotopic (exact) mass is 384 g/mol. The minimum Gasteiger partial charge on any atom is -0.378 e. The number of carbonyl (C=O) groups is 1. The molecule has 2 aromatic carbocycles. The van der Waals surface area contributed by atoms with E-state index in [2.05, 4.69) is 31.4 Å². The smallest absolute Gasteiger partial charge is 0.271 e. The largest absolute Gasteiger partial charge is 0.378 e. The predicted molar refractivity (Wildman–Crippen MR) is 102 cm³/mol. The number of halogens is 1. The van der Waals surface area contributed by atoms with Crippen LogP contribution in [0.5, 0.6) is 0 Å². The summed E-state index contributed by atoms with van der Waals surface area (Å²) in [5, 5.41) is 5.11. The van der Waals surface area contributed by atoms with Crippen molar-refractivity contribution in [3.8, 4) is 0 Å². The van der Waals surface area contributed by atoms with Crippen LogP contribution in [-0.4, -0.2) is 31.2 Å². The molecule has 0 aliphatic heterocycles. The summed E-state index contributed by atoms with van der Waals surface area (Å²) >= 11 is 3.49. The number of H-pyrrole nitrogens is 1. The van der Waals surface area contributed by atoms with Gasteiger partial charge in [-0.25, -0.2) is 5.43 Å². The Balaban J connectivity index is 1.68. The normalized spacial score (nSPS) is 11.1. The highest BCUT2D eigenvalue weighted by molar-refractivity contribution is 9.10. The molecular formula is C18H17BrN4O. The standard InChI is InChI=1S/C18H17BrN4O/c1-23(2)14-6-4-13(5-7-14)18(24)22-21-10-12-3-8-17-15(9-12)16(19)11-20-17/h3-11,20H,1-2H3,(H,22,24)/b21-10+. The van der Waals surface area contributed by atoms with Crippen molar-refractivity contribution in [1.82, 2.24) is 10.4 Å². The quantitative estimate of drug-likeness (QED) is 0.531. The van der Waals surface area contributed by atoms with Crippen molar-refractivity contribution in [1.29, 1.82) is 0 Å². The summed E-state index contributed by atoms with van der Waals surface area (Å²) in [6.45, 7) is 0. The first-order valence-electron chi connectivity index (χ1n) is 7.42. The molecule has 1 amide bonds. The number of aromatic nitrogens is 1. The first kappa shape index (κ1) is 16.3. The van der Waals surface area contributed by atoms with Gasteiger partial charge in [0.05, 0.1) is 6.21 Å². The van der Waals surface area contributed by atoms with E-state index in [4.69, 9.17) is 0 Å². The Kier molecular flexibility index (Phi) is 4.66. The van der Waals surface area contributed by atoms with E-state index in [1.165, 1.54) is 0 Å². The molecule has 3 aromatic rings. The molecule has 0 atom stereocenters. The summed E-state index contributed by atoms with van der Waals surface area (Å²) in [4.78, 5) is 17.2. The second kappa shape index (κ2) is 6.88. The summed E-state index contributed by atoms with van der Waals surface area (Å²) in [6.07, 6.45) is 3.52. The number of rotatable bonds is 4. The van der Waals surface area contributed by atoms with E-state index in [9.17, 15) is 4.79 Å². The maximum atomic E-state index is 12.1. The molecule has 0 spiro atoms. The van der Waals surface area contributed by atoms with Gasteiger partial charge in [-0.1, -0.05) is 6.07 Å². The maximum Gasteiger partial charge on any atom is 0.271 e. The Hall–Kier alpha value is -2.60. The van der Waals surface area contributed by atoms with Crippen molar-refractivity contribution in [3.05, 3.63) is 64.3 Å². The van der Waals surface area contributed by atoms with Crippen LogP contribution in [0.2, 0.25) is 0 Å². The zero-order chi connectivity index (χ0) is 17.1. The minimum atomic E-state index is -0.236. The zero-order valence-corrected chi connectivity index (χ0v) is 15.0. The fourth-order valence-electron chi connectivity index (χ4n) is 2.33. The lowest BCUT2D eigenvalue weighted by Gasteiger charge is -2.12. The van der Waals surface area contributed by atoms with Crippen LogP contribution in [0.4, 0.5) is 5.69 Å². The molecule has 5 nitrogen and oxygen atoms in total. The summed E-state index contributed by atoms with van der Waals surface area (Å²) in [6, 6.07) is 13.3. The topological polar surface area (TPSA) is 60.5 Å². The number of nitrogens with zero attached hydrogens (tertiary/aromatic N) is 2. The number of hydrazone groups is 1. The number of anilines is 1. The molecule has 0 fully saturated rings. The van der Waals surface area contributed by atoms with Gasteiger partial charge in [0.2, 0.25) is 0 Å². The van der Waals surface area contributed by atoms with E-state index in [1.807, 2.05) is 55.5 Å². The molecule has 0 saturated carbocycles. The van der Waals surface area contributed by atoms with Gasteiger partial charge in [-0.3, -0.25) is 4.79 Å². The Labute approximate surface area is 148 Å². The third-order valence-electron chi connectivity index (χ3n) is 3.68. The molecule has 0 saturated heterocycles. The lowest BCUT2D eigenvalue weighted by molar-refractivity contribution is 0.0955. The van der Waals surface area contributed by atoms with E-state index in [-0.39, 0.29) is 5.91 Å². The van der Waals surface area contributed by atoms with Gasteiger partial charge in [0.15, 0.2) is 0 Å². The lowest BCUT2D eigenvalue weighted by atomic mass is 10.2. The molecule has 1 heterocycles. The Morgan fingerprint density at radius 1 is 1.21 bits per heavy atom. The third kappa shape index (κ3) is 3.49. The number of hydrogen-bond donors (Lipinski definition) is 2. The molecule has 0 aliphatic carbocycles. The van der Waals surface area contributed by atoms with Gasteiger partial charge >= 0.3 is 0 Å². The van der Waals surface area contributed by atoms with Crippen LogP contribution in [0.3, 0.4) is 0 Å². The fourth-order valence-corrected chi connectivity index (χ4v) is 2.77. The zero-order valence-electron chi connectivity index (χ0n) is 13.4. The maximum absolute atomic E-state index is 12.1. The van der Waals surface area contributed by atoms with Crippen molar-refractivity contribution < 1.29 is 4.79 Å². The summed E-state index contributed by atoms with van der Waals surface area (Å²) in [7, 11) is 3.91. The van der Waals surface area contributed by atoms with Crippen molar-refractivity contribution in [3.63, 3.8) is 0 Å². The molecule has 0 radical (unpaired) electrons. The average molecular weight is 385 g/mol. The highest BCUT2D eigenvalue weighted by Crippen LogP contribution is 2.23. The number of benzene rings is 2. The van der Waals surface area contributed by atoms with Crippen LogP contribution in [0.25, 0.3) is 10.9 Å². The molecule has 122 valence electrons. The number of aromatic amines is 1. The summed E-state index contributed by atoms with van der Waals surface area (Å²) < 4.78 is 0.998.